The first-order valence-electron chi connectivity index (χ1n) is 6.41. The molecule has 0 aliphatic heterocycles. The Kier molecular flexibility index (Phi) is 6.81. The minimum Gasteiger partial charge on any atom is -0.481 e. The van der Waals surface area contributed by atoms with Gasteiger partial charge in [0.05, 0.1) is 0 Å². The van der Waals surface area contributed by atoms with Crippen molar-refractivity contribution in [2.24, 2.45) is 5.92 Å². The zero-order valence-electron chi connectivity index (χ0n) is 11.3. The minimum atomic E-state index is -0.818. The fourth-order valence-corrected chi connectivity index (χ4v) is 1.78. The molecule has 1 rings (SSSR count). The third kappa shape index (κ3) is 6.38. The van der Waals surface area contributed by atoms with E-state index in [9.17, 15) is 9.59 Å². The van der Waals surface area contributed by atoms with Gasteiger partial charge in [-0.05, 0) is 30.0 Å². The number of rotatable bonds is 7. The molecule has 1 aromatic carbocycles. The van der Waals surface area contributed by atoms with Crippen LogP contribution >= 0.6 is 11.6 Å². The monoisotopic (exact) mass is 295 g/mol. The number of amides is 1. The first-order chi connectivity index (χ1) is 9.49. The predicted octanol–water partition coefficient (Wildman–Crippen LogP) is 2.97. The first-order valence-corrected chi connectivity index (χ1v) is 6.79. The van der Waals surface area contributed by atoms with Crippen LogP contribution in [-0.2, 0) is 9.59 Å². The van der Waals surface area contributed by atoms with Gasteiger partial charge < -0.3 is 10.4 Å². The fraction of sp³-hybridized carbons (Fsp3) is 0.333. The molecule has 0 heterocycles. The number of carboxylic acids is 1. The van der Waals surface area contributed by atoms with Crippen LogP contribution in [0.15, 0.2) is 30.3 Å². The molecule has 0 saturated heterocycles. The van der Waals surface area contributed by atoms with Gasteiger partial charge in [-0.15, -0.1) is 0 Å². The van der Waals surface area contributed by atoms with Crippen molar-refractivity contribution < 1.29 is 14.7 Å². The number of carbonyl (C=O) groups is 2. The number of hydrogen-bond acceptors (Lipinski definition) is 2. The van der Waals surface area contributed by atoms with Crippen LogP contribution in [-0.4, -0.2) is 23.5 Å². The summed E-state index contributed by atoms with van der Waals surface area (Å²) in [4.78, 5) is 22.0. The van der Waals surface area contributed by atoms with Crippen LogP contribution in [0.5, 0.6) is 0 Å². The summed E-state index contributed by atoms with van der Waals surface area (Å²) in [5.74, 6) is -0.905. The van der Waals surface area contributed by atoms with Crippen LogP contribution in [0.25, 0.3) is 6.08 Å². The largest absolute Gasteiger partial charge is 0.481 e. The lowest BCUT2D eigenvalue weighted by Gasteiger charge is -2.09. The van der Waals surface area contributed by atoms with Gasteiger partial charge in [-0.2, -0.15) is 0 Å². The lowest BCUT2D eigenvalue weighted by molar-refractivity contribution is -0.137. The van der Waals surface area contributed by atoms with Crippen molar-refractivity contribution in [1.82, 2.24) is 5.32 Å². The Morgan fingerprint density at radius 3 is 2.75 bits per heavy atom. The highest BCUT2D eigenvalue weighted by Crippen LogP contribution is 2.16. The number of aliphatic carboxylic acids is 1. The van der Waals surface area contributed by atoms with Gasteiger partial charge in [0.25, 0.3) is 0 Å². The predicted molar refractivity (Wildman–Crippen MR) is 79.5 cm³/mol. The molecule has 0 aliphatic carbocycles. The van der Waals surface area contributed by atoms with E-state index in [2.05, 4.69) is 5.32 Å². The van der Waals surface area contributed by atoms with Gasteiger partial charge in [0.2, 0.25) is 5.91 Å². The second-order valence-corrected chi connectivity index (χ2v) is 5.04. The molecule has 0 fully saturated rings. The Morgan fingerprint density at radius 1 is 1.40 bits per heavy atom. The Labute approximate surface area is 123 Å². The molecular formula is C15H18ClNO3. The van der Waals surface area contributed by atoms with E-state index in [-0.39, 0.29) is 18.2 Å². The molecule has 4 nitrogen and oxygen atoms in total. The highest BCUT2D eigenvalue weighted by Gasteiger charge is 2.06. The van der Waals surface area contributed by atoms with E-state index in [1.807, 2.05) is 25.1 Å². The third-order valence-electron chi connectivity index (χ3n) is 2.80. The Balaban J connectivity index is 2.37. The maximum atomic E-state index is 11.6. The summed E-state index contributed by atoms with van der Waals surface area (Å²) < 4.78 is 0. The van der Waals surface area contributed by atoms with Crippen LogP contribution < -0.4 is 5.32 Å². The van der Waals surface area contributed by atoms with Crippen molar-refractivity contribution in [1.29, 1.82) is 0 Å². The molecule has 0 saturated carbocycles. The minimum absolute atomic E-state index is 0.118. The van der Waals surface area contributed by atoms with E-state index in [1.54, 1.807) is 12.1 Å². The van der Waals surface area contributed by atoms with Gasteiger partial charge in [0, 0.05) is 24.1 Å². The van der Waals surface area contributed by atoms with Crippen LogP contribution in [0.1, 0.15) is 25.3 Å². The molecule has 0 aromatic heterocycles. The third-order valence-corrected chi connectivity index (χ3v) is 3.14. The molecule has 1 aromatic rings. The standard InChI is InChI=1S/C15H18ClNO3/c1-11(6-9-15(19)20)10-17-14(18)8-7-12-4-2-3-5-13(12)16/h2-5,7-8,11H,6,9-10H2,1H3,(H,17,18)(H,19,20)/b8-7+. The van der Waals surface area contributed by atoms with Gasteiger partial charge in [-0.1, -0.05) is 36.7 Å². The van der Waals surface area contributed by atoms with Gasteiger partial charge in [0.1, 0.15) is 0 Å². The summed E-state index contributed by atoms with van der Waals surface area (Å²) in [6.07, 6.45) is 3.74. The van der Waals surface area contributed by atoms with E-state index < -0.39 is 5.97 Å². The van der Waals surface area contributed by atoms with Crippen molar-refractivity contribution in [3.63, 3.8) is 0 Å². The number of carboxylic acid groups (broad SMARTS) is 1. The van der Waals surface area contributed by atoms with E-state index in [4.69, 9.17) is 16.7 Å². The van der Waals surface area contributed by atoms with Gasteiger partial charge in [-0.25, -0.2) is 0 Å². The summed E-state index contributed by atoms with van der Waals surface area (Å²) in [6, 6.07) is 7.25. The normalized spacial score (nSPS) is 12.3. The lowest BCUT2D eigenvalue weighted by atomic mass is 10.1. The SMILES string of the molecule is CC(CCC(=O)O)CNC(=O)/C=C/c1ccccc1Cl. The molecule has 0 spiro atoms. The topological polar surface area (TPSA) is 66.4 Å². The van der Waals surface area contributed by atoms with Gasteiger partial charge >= 0.3 is 5.97 Å². The maximum Gasteiger partial charge on any atom is 0.303 e. The molecule has 0 radical (unpaired) electrons. The smallest absolute Gasteiger partial charge is 0.303 e. The quantitative estimate of drug-likeness (QED) is 0.760. The molecule has 1 amide bonds. The Morgan fingerprint density at radius 2 is 2.10 bits per heavy atom. The number of halogens is 1. The Hall–Kier alpha value is -1.81. The number of hydrogen-bond donors (Lipinski definition) is 2. The summed E-state index contributed by atoms with van der Waals surface area (Å²) >= 11 is 5.97. The summed E-state index contributed by atoms with van der Waals surface area (Å²) in [6.45, 7) is 2.36. The summed E-state index contributed by atoms with van der Waals surface area (Å²) in [7, 11) is 0. The van der Waals surface area contributed by atoms with Crippen molar-refractivity contribution >= 4 is 29.6 Å². The van der Waals surface area contributed by atoms with Crippen LogP contribution in [0.2, 0.25) is 5.02 Å². The molecule has 1 unspecified atom stereocenters. The second-order valence-electron chi connectivity index (χ2n) is 4.64. The highest BCUT2D eigenvalue weighted by atomic mass is 35.5. The second kappa shape index (κ2) is 8.38. The molecule has 0 aliphatic rings. The highest BCUT2D eigenvalue weighted by molar-refractivity contribution is 6.32. The van der Waals surface area contributed by atoms with Crippen LogP contribution in [0.4, 0.5) is 0 Å². The average Bonchev–Trinajstić information content (AvgIpc) is 2.42. The molecule has 2 N–H and O–H groups in total. The molecular weight excluding hydrogens is 278 g/mol. The summed E-state index contributed by atoms with van der Waals surface area (Å²) in [5.41, 5.74) is 0.781. The average molecular weight is 296 g/mol. The molecule has 5 heteroatoms. The fourth-order valence-electron chi connectivity index (χ4n) is 1.58. The molecule has 0 bridgehead atoms. The molecule has 1 atom stereocenters. The maximum absolute atomic E-state index is 11.6. The van der Waals surface area contributed by atoms with Crippen LogP contribution in [0.3, 0.4) is 0 Å². The Bertz CT molecular complexity index is 500. The molecule has 108 valence electrons. The van der Waals surface area contributed by atoms with E-state index >= 15 is 0 Å². The summed E-state index contributed by atoms with van der Waals surface area (Å²) in [5, 5.41) is 11.9. The number of nitrogens with one attached hydrogen (secondary N) is 1. The zero-order valence-corrected chi connectivity index (χ0v) is 12.1. The molecule has 20 heavy (non-hydrogen) atoms. The van der Waals surface area contributed by atoms with Gasteiger partial charge in [0.15, 0.2) is 0 Å². The van der Waals surface area contributed by atoms with Crippen molar-refractivity contribution in [3.8, 4) is 0 Å². The number of benzene rings is 1. The first kappa shape index (κ1) is 16.2. The number of carbonyl (C=O) groups excluding carboxylic acids is 1. The van der Waals surface area contributed by atoms with E-state index in [1.165, 1.54) is 6.08 Å². The van der Waals surface area contributed by atoms with Crippen LogP contribution in [0, 0.1) is 5.92 Å². The van der Waals surface area contributed by atoms with Gasteiger partial charge in [-0.3, -0.25) is 9.59 Å². The van der Waals surface area contributed by atoms with E-state index in [0.717, 1.165) is 5.56 Å². The lowest BCUT2D eigenvalue weighted by Crippen LogP contribution is -2.26. The van der Waals surface area contributed by atoms with Crippen molar-refractivity contribution in [2.75, 3.05) is 6.54 Å². The van der Waals surface area contributed by atoms with Crippen molar-refractivity contribution in [3.05, 3.63) is 40.9 Å². The zero-order chi connectivity index (χ0) is 15.0. The van der Waals surface area contributed by atoms with E-state index in [0.29, 0.717) is 18.0 Å². The van der Waals surface area contributed by atoms with Crippen molar-refractivity contribution in [2.45, 2.75) is 19.8 Å².